The fourth-order valence-corrected chi connectivity index (χ4v) is 5.55. The summed E-state index contributed by atoms with van der Waals surface area (Å²) in [6.07, 6.45) is 8.26. The molecule has 0 N–H and O–H groups in total. The third-order valence-electron chi connectivity index (χ3n) is 7.26. The molecule has 0 amide bonds. The fraction of sp³-hybridized carbons (Fsp3) is 0.417. The second-order valence-corrected chi connectivity index (χ2v) is 9.24. The normalized spacial score (nSPS) is 23.8. The van der Waals surface area contributed by atoms with Crippen molar-refractivity contribution in [3.8, 4) is 11.3 Å². The first-order valence-electron chi connectivity index (χ1n) is 11.1. The maximum absolute atomic E-state index is 13.3. The van der Waals surface area contributed by atoms with Crippen LogP contribution in [0.5, 0.6) is 0 Å². The van der Waals surface area contributed by atoms with Gasteiger partial charge in [-0.25, -0.2) is 14.2 Å². The fourth-order valence-electron chi connectivity index (χ4n) is 5.55. The molecule has 0 aliphatic carbocycles. The highest BCUT2D eigenvalue weighted by molar-refractivity contribution is 5.85. The number of aryl methyl sites for hydroxylation is 2. The number of aromatic nitrogens is 5. The van der Waals surface area contributed by atoms with Crippen LogP contribution in [0.3, 0.4) is 0 Å². The van der Waals surface area contributed by atoms with E-state index in [1.165, 1.54) is 12.8 Å². The smallest absolute Gasteiger partial charge is 0.274 e. The molecule has 3 aromatic heterocycles. The largest absolute Gasteiger partial charge is 0.300 e. The van der Waals surface area contributed by atoms with E-state index in [1.807, 2.05) is 55.0 Å². The molecular formula is C24H26N6O. The van der Waals surface area contributed by atoms with Crippen molar-refractivity contribution in [1.29, 1.82) is 0 Å². The summed E-state index contributed by atoms with van der Waals surface area (Å²) in [6, 6.07) is 9.33. The van der Waals surface area contributed by atoms with E-state index in [4.69, 9.17) is 5.10 Å². The minimum atomic E-state index is 0.0165. The zero-order chi connectivity index (χ0) is 21.3. The standard InChI is InChI=1S/C24H26N6O/c1-14-8-22(27-29-13-15(2)26-23(14)29)16-4-7-21-17(9-16)12-25-30(24(21)31)20-10-18-5-6-19(11-20)28(18)3/h4,7-9,12-13,18-20H,5-6,10-11H2,1-3H3/t18-,19+,20?. The number of imidazole rings is 1. The molecule has 158 valence electrons. The zero-order valence-corrected chi connectivity index (χ0v) is 18.1. The Bertz CT molecular complexity index is 1370. The van der Waals surface area contributed by atoms with Crippen LogP contribution in [-0.4, -0.2) is 48.4 Å². The minimum absolute atomic E-state index is 0.0165. The van der Waals surface area contributed by atoms with Gasteiger partial charge in [0.1, 0.15) is 0 Å². The van der Waals surface area contributed by atoms with Gasteiger partial charge in [0.2, 0.25) is 0 Å². The van der Waals surface area contributed by atoms with Gasteiger partial charge in [-0.15, -0.1) is 0 Å². The second kappa shape index (κ2) is 6.72. The summed E-state index contributed by atoms with van der Waals surface area (Å²) in [4.78, 5) is 20.3. The Morgan fingerprint density at radius 2 is 1.81 bits per heavy atom. The summed E-state index contributed by atoms with van der Waals surface area (Å²) in [5, 5.41) is 10.9. The van der Waals surface area contributed by atoms with Gasteiger partial charge >= 0.3 is 0 Å². The molecule has 31 heavy (non-hydrogen) atoms. The van der Waals surface area contributed by atoms with Crippen LogP contribution in [-0.2, 0) is 0 Å². The Kier molecular flexibility index (Phi) is 4.05. The highest BCUT2D eigenvalue weighted by atomic mass is 16.1. The van der Waals surface area contributed by atoms with Crippen LogP contribution in [0, 0.1) is 13.8 Å². The summed E-state index contributed by atoms with van der Waals surface area (Å²) >= 11 is 0. The highest BCUT2D eigenvalue weighted by Gasteiger charge is 2.39. The minimum Gasteiger partial charge on any atom is -0.300 e. The van der Waals surface area contributed by atoms with Gasteiger partial charge in [0.05, 0.1) is 35.2 Å². The predicted octanol–water partition coefficient (Wildman–Crippen LogP) is 3.52. The summed E-state index contributed by atoms with van der Waals surface area (Å²) in [7, 11) is 2.22. The molecular weight excluding hydrogens is 388 g/mol. The number of fused-ring (bicyclic) bond motifs is 4. The van der Waals surface area contributed by atoms with Crippen molar-refractivity contribution in [3.63, 3.8) is 0 Å². The summed E-state index contributed by atoms with van der Waals surface area (Å²) < 4.78 is 3.57. The first-order chi connectivity index (χ1) is 15.0. The van der Waals surface area contributed by atoms with Crippen LogP contribution in [0.2, 0.25) is 0 Å². The molecule has 3 atom stereocenters. The molecule has 0 spiro atoms. The first kappa shape index (κ1) is 18.7. The molecule has 7 nitrogen and oxygen atoms in total. The molecule has 4 aromatic rings. The Morgan fingerprint density at radius 1 is 1.03 bits per heavy atom. The molecule has 2 fully saturated rings. The molecule has 0 saturated carbocycles. The molecule has 7 heteroatoms. The lowest BCUT2D eigenvalue weighted by Crippen LogP contribution is -2.43. The van der Waals surface area contributed by atoms with Crippen molar-refractivity contribution in [2.24, 2.45) is 0 Å². The van der Waals surface area contributed by atoms with Crippen LogP contribution in [0.1, 0.15) is 43.0 Å². The lowest BCUT2D eigenvalue weighted by atomic mass is 9.98. The van der Waals surface area contributed by atoms with Crippen molar-refractivity contribution in [3.05, 3.63) is 58.3 Å². The van der Waals surface area contributed by atoms with Gasteiger partial charge in [0.25, 0.3) is 5.56 Å². The van der Waals surface area contributed by atoms with Crippen molar-refractivity contribution in [1.82, 2.24) is 29.3 Å². The molecule has 2 aliphatic heterocycles. The van der Waals surface area contributed by atoms with Crippen LogP contribution in [0.4, 0.5) is 0 Å². The molecule has 1 unspecified atom stereocenters. The van der Waals surface area contributed by atoms with Gasteiger partial charge in [-0.05, 0) is 70.3 Å². The highest BCUT2D eigenvalue weighted by Crippen LogP contribution is 2.39. The number of piperidine rings is 1. The molecule has 5 heterocycles. The molecule has 1 aromatic carbocycles. The van der Waals surface area contributed by atoms with E-state index in [2.05, 4.69) is 22.0 Å². The molecule has 6 rings (SSSR count). The van der Waals surface area contributed by atoms with E-state index < -0.39 is 0 Å². The molecule has 0 radical (unpaired) electrons. The first-order valence-corrected chi connectivity index (χ1v) is 11.1. The van der Waals surface area contributed by atoms with E-state index in [0.717, 1.165) is 51.8 Å². The quantitative estimate of drug-likeness (QED) is 0.502. The lowest BCUT2D eigenvalue weighted by Gasteiger charge is -2.36. The third-order valence-corrected chi connectivity index (χ3v) is 7.26. The van der Waals surface area contributed by atoms with Crippen molar-refractivity contribution < 1.29 is 0 Å². The SMILES string of the molecule is Cc1cn2nc(-c3ccc4c(=O)n(C5C[C@H]6CC[C@@H](C5)N6C)ncc4c3)cc(C)c2n1. The van der Waals surface area contributed by atoms with Gasteiger partial charge in [-0.1, -0.05) is 6.07 Å². The van der Waals surface area contributed by atoms with E-state index in [0.29, 0.717) is 12.1 Å². The van der Waals surface area contributed by atoms with Crippen LogP contribution in [0.25, 0.3) is 27.7 Å². The summed E-state index contributed by atoms with van der Waals surface area (Å²) in [5.41, 5.74) is 4.74. The average molecular weight is 415 g/mol. The van der Waals surface area contributed by atoms with Crippen molar-refractivity contribution in [2.75, 3.05) is 7.05 Å². The maximum atomic E-state index is 13.3. The number of hydrogen-bond donors (Lipinski definition) is 0. The Morgan fingerprint density at radius 3 is 2.58 bits per heavy atom. The van der Waals surface area contributed by atoms with Crippen molar-refractivity contribution in [2.45, 2.75) is 57.7 Å². The number of benzene rings is 1. The van der Waals surface area contributed by atoms with Gasteiger partial charge in [-0.3, -0.25) is 4.79 Å². The molecule has 2 bridgehead atoms. The van der Waals surface area contributed by atoms with Gasteiger partial charge in [-0.2, -0.15) is 10.2 Å². The van der Waals surface area contributed by atoms with E-state index in [1.54, 1.807) is 4.68 Å². The molecule has 2 saturated heterocycles. The zero-order valence-electron chi connectivity index (χ0n) is 18.1. The summed E-state index contributed by atoms with van der Waals surface area (Å²) in [6.45, 7) is 4.01. The van der Waals surface area contributed by atoms with E-state index in [-0.39, 0.29) is 11.6 Å². The maximum Gasteiger partial charge on any atom is 0.274 e. The van der Waals surface area contributed by atoms with Gasteiger partial charge in [0.15, 0.2) is 5.65 Å². The Balaban J connectivity index is 1.39. The Labute approximate surface area is 180 Å². The van der Waals surface area contributed by atoms with Crippen LogP contribution in [0.15, 0.2) is 41.5 Å². The summed E-state index contributed by atoms with van der Waals surface area (Å²) in [5.74, 6) is 0. The lowest BCUT2D eigenvalue weighted by molar-refractivity contribution is 0.129. The number of nitrogens with zero attached hydrogens (tertiary/aromatic N) is 6. The average Bonchev–Trinajstić information content (AvgIpc) is 3.21. The molecule has 2 aliphatic rings. The monoisotopic (exact) mass is 414 g/mol. The number of hydrogen-bond acceptors (Lipinski definition) is 5. The van der Waals surface area contributed by atoms with E-state index in [9.17, 15) is 4.79 Å². The topological polar surface area (TPSA) is 68.3 Å². The van der Waals surface area contributed by atoms with E-state index >= 15 is 0 Å². The second-order valence-electron chi connectivity index (χ2n) is 9.24. The van der Waals surface area contributed by atoms with Gasteiger partial charge < -0.3 is 4.90 Å². The number of rotatable bonds is 2. The predicted molar refractivity (Wildman–Crippen MR) is 120 cm³/mol. The van der Waals surface area contributed by atoms with Crippen LogP contribution < -0.4 is 5.56 Å². The third kappa shape index (κ3) is 2.91. The van der Waals surface area contributed by atoms with Crippen molar-refractivity contribution >= 4 is 16.4 Å². The Hall–Kier alpha value is -3.06. The van der Waals surface area contributed by atoms with Crippen LogP contribution >= 0.6 is 0 Å². The van der Waals surface area contributed by atoms with Gasteiger partial charge in [0, 0.05) is 23.0 Å².